The van der Waals surface area contributed by atoms with Crippen LogP contribution in [0, 0.1) is 6.92 Å². The predicted molar refractivity (Wildman–Crippen MR) is 159 cm³/mol. The largest absolute Gasteiger partial charge is 0.355 e. The normalized spacial score (nSPS) is 15.3. The molecule has 6 heteroatoms. The highest BCUT2D eigenvalue weighted by molar-refractivity contribution is 7.99. The molecule has 0 spiro atoms. The maximum absolute atomic E-state index is 13.2. The number of benzene rings is 3. The van der Waals surface area contributed by atoms with Crippen LogP contribution in [0.2, 0.25) is 0 Å². The van der Waals surface area contributed by atoms with Crippen molar-refractivity contribution in [2.75, 3.05) is 13.1 Å². The van der Waals surface area contributed by atoms with E-state index in [1.54, 1.807) is 11.8 Å². The third-order valence-electron chi connectivity index (χ3n) is 7.71. The zero-order chi connectivity index (χ0) is 27.8. The molecule has 1 saturated carbocycles. The lowest BCUT2D eigenvalue weighted by Gasteiger charge is -2.42. The number of hydrogen-bond donors (Lipinski definition) is 0. The summed E-state index contributed by atoms with van der Waals surface area (Å²) in [6, 6.07) is 23.4. The number of rotatable bonds is 10. The Bertz CT molecular complexity index is 1310. The molecule has 1 aliphatic rings. The molecule has 0 unspecified atom stereocenters. The molecule has 39 heavy (non-hydrogen) atoms. The number of aryl methyl sites for hydroxylation is 1. The first-order valence-corrected chi connectivity index (χ1v) is 14.7. The zero-order valence-electron chi connectivity index (χ0n) is 23.4. The van der Waals surface area contributed by atoms with Gasteiger partial charge >= 0.3 is 5.97 Å². The van der Waals surface area contributed by atoms with Gasteiger partial charge in [-0.15, -0.1) is 0 Å². The zero-order valence-corrected chi connectivity index (χ0v) is 24.2. The second-order valence-corrected chi connectivity index (χ2v) is 11.3. The predicted octanol–water partition coefficient (Wildman–Crippen LogP) is 7.69. The summed E-state index contributed by atoms with van der Waals surface area (Å²) in [6.45, 7) is 9.65. The summed E-state index contributed by atoms with van der Waals surface area (Å²) >= 11 is 1.63. The Morgan fingerprint density at radius 1 is 0.846 bits per heavy atom. The maximum atomic E-state index is 13.2. The minimum absolute atomic E-state index is 0.0379. The van der Waals surface area contributed by atoms with E-state index >= 15 is 0 Å². The van der Waals surface area contributed by atoms with Gasteiger partial charge in [-0.3, -0.25) is 9.69 Å². The number of nitrogens with zero attached hydrogens (tertiary/aromatic N) is 2. The number of hydrogen-bond acceptors (Lipinski definition) is 6. The molecule has 0 saturated heterocycles. The molecule has 204 valence electrons. The van der Waals surface area contributed by atoms with Crippen molar-refractivity contribution in [2.45, 2.75) is 75.1 Å². The van der Waals surface area contributed by atoms with Crippen LogP contribution >= 0.6 is 11.8 Å². The van der Waals surface area contributed by atoms with Gasteiger partial charge in [0.15, 0.2) is 5.78 Å². The number of carbonyl (C=O) groups excluding carboxylic acids is 2. The van der Waals surface area contributed by atoms with Crippen molar-refractivity contribution in [1.82, 2.24) is 4.90 Å². The number of carbonyl (C=O) groups is 2. The van der Waals surface area contributed by atoms with Gasteiger partial charge in [0.1, 0.15) is 5.54 Å². The van der Waals surface area contributed by atoms with Gasteiger partial charge in [0.25, 0.3) is 0 Å². The second kappa shape index (κ2) is 13.2. The lowest BCUT2D eigenvalue weighted by molar-refractivity contribution is -0.161. The fourth-order valence-electron chi connectivity index (χ4n) is 5.42. The Balaban J connectivity index is 1.39. The summed E-state index contributed by atoms with van der Waals surface area (Å²) in [4.78, 5) is 36.0. The Labute approximate surface area is 236 Å². The molecule has 0 bridgehead atoms. The summed E-state index contributed by atoms with van der Waals surface area (Å²) < 4.78 is 0. The van der Waals surface area contributed by atoms with Crippen molar-refractivity contribution in [3.05, 3.63) is 95.1 Å². The summed E-state index contributed by atoms with van der Waals surface area (Å²) in [6.07, 6.45) is 4.90. The molecule has 5 nitrogen and oxygen atoms in total. The van der Waals surface area contributed by atoms with Crippen LogP contribution in [0.15, 0.2) is 87.7 Å². The third kappa shape index (κ3) is 6.68. The molecule has 4 rings (SSSR count). The van der Waals surface area contributed by atoms with E-state index in [0.29, 0.717) is 11.3 Å². The van der Waals surface area contributed by atoms with E-state index in [1.807, 2.05) is 86.6 Å². The lowest BCUT2D eigenvalue weighted by atomic mass is 9.80. The Morgan fingerprint density at radius 2 is 1.41 bits per heavy atom. The molecule has 0 aliphatic heterocycles. The van der Waals surface area contributed by atoms with Crippen LogP contribution in [-0.2, 0) is 9.63 Å². The summed E-state index contributed by atoms with van der Waals surface area (Å²) in [5.74, 6) is -0.197. The van der Waals surface area contributed by atoms with Gasteiger partial charge in [0.2, 0.25) is 0 Å². The smallest absolute Gasteiger partial charge is 0.316 e. The fourth-order valence-corrected chi connectivity index (χ4v) is 6.24. The minimum Gasteiger partial charge on any atom is -0.316 e. The minimum atomic E-state index is -0.563. The number of ketones is 1. The number of likely N-dealkylation sites (N-methyl/N-ethyl adjacent to an activating group) is 1. The molecule has 0 amide bonds. The molecule has 1 fully saturated rings. The first-order valence-electron chi connectivity index (χ1n) is 13.9. The Kier molecular flexibility index (Phi) is 9.76. The Morgan fingerprint density at radius 3 is 1.97 bits per heavy atom. The molecule has 0 heterocycles. The van der Waals surface area contributed by atoms with E-state index in [9.17, 15) is 9.59 Å². The van der Waals surface area contributed by atoms with Gasteiger partial charge < -0.3 is 4.84 Å². The highest BCUT2D eigenvalue weighted by Crippen LogP contribution is 2.35. The molecular weight excluding hydrogens is 504 g/mol. The van der Waals surface area contributed by atoms with Gasteiger partial charge in [-0.25, -0.2) is 4.79 Å². The van der Waals surface area contributed by atoms with Crippen LogP contribution in [-0.4, -0.2) is 41.0 Å². The van der Waals surface area contributed by atoms with Crippen molar-refractivity contribution in [2.24, 2.45) is 5.16 Å². The van der Waals surface area contributed by atoms with Gasteiger partial charge in [-0.1, -0.05) is 86.4 Å². The van der Waals surface area contributed by atoms with Crippen molar-refractivity contribution >= 4 is 29.2 Å². The summed E-state index contributed by atoms with van der Waals surface area (Å²) in [5.41, 5.74) is 3.41. The molecule has 0 radical (unpaired) electrons. The third-order valence-corrected chi connectivity index (χ3v) is 8.72. The Hall–Kier alpha value is -3.22. The lowest BCUT2D eigenvalue weighted by Crippen LogP contribution is -2.56. The van der Waals surface area contributed by atoms with Crippen LogP contribution in [0.25, 0.3) is 0 Å². The standard InChI is InChI=1S/C33H38N2O3S/c1-5-35(6-2)33(22-10-7-11-23-33)32(37)38-34-25(4)26-14-18-28(19-15-26)39-29-20-16-27(17-21-29)31(36)30-13-9-8-12-24(30)3/h8-9,12-21H,5-7,10-11,22-23H2,1-4H3/b34-25+. The topological polar surface area (TPSA) is 59.0 Å². The maximum Gasteiger partial charge on any atom is 0.355 e. The van der Waals surface area contributed by atoms with Crippen LogP contribution in [0.1, 0.15) is 79.9 Å². The SMILES string of the molecule is CCN(CC)C1(C(=O)O/N=C(\C)c2ccc(Sc3ccc(C(=O)c4ccccc4C)cc3)cc2)CCCCC1. The molecule has 0 atom stereocenters. The van der Waals surface area contributed by atoms with Crippen molar-refractivity contribution < 1.29 is 14.4 Å². The molecule has 0 aromatic heterocycles. The average Bonchev–Trinajstić information content (AvgIpc) is 2.97. The van der Waals surface area contributed by atoms with E-state index in [-0.39, 0.29) is 11.8 Å². The van der Waals surface area contributed by atoms with Crippen LogP contribution in [0.4, 0.5) is 0 Å². The van der Waals surface area contributed by atoms with Crippen molar-refractivity contribution in [3.8, 4) is 0 Å². The highest BCUT2D eigenvalue weighted by Gasteiger charge is 2.45. The van der Waals surface area contributed by atoms with Gasteiger partial charge in [0.05, 0.1) is 5.71 Å². The summed E-state index contributed by atoms with van der Waals surface area (Å²) in [5, 5.41) is 4.24. The van der Waals surface area contributed by atoms with Crippen LogP contribution < -0.4 is 0 Å². The molecular formula is C33H38N2O3S. The van der Waals surface area contributed by atoms with E-state index in [0.717, 1.165) is 65.3 Å². The fraction of sp³-hybridized carbons (Fsp3) is 0.364. The van der Waals surface area contributed by atoms with Gasteiger partial charge in [-0.2, -0.15) is 0 Å². The van der Waals surface area contributed by atoms with Crippen LogP contribution in [0.3, 0.4) is 0 Å². The van der Waals surface area contributed by atoms with E-state index in [1.165, 1.54) is 6.42 Å². The van der Waals surface area contributed by atoms with E-state index in [4.69, 9.17) is 4.84 Å². The molecule has 3 aromatic rings. The molecule has 0 N–H and O–H groups in total. The van der Waals surface area contributed by atoms with Crippen molar-refractivity contribution in [3.63, 3.8) is 0 Å². The molecule has 3 aromatic carbocycles. The first-order chi connectivity index (χ1) is 18.9. The average molecular weight is 543 g/mol. The quantitative estimate of drug-likeness (QED) is 0.114. The van der Waals surface area contributed by atoms with Gasteiger partial charge in [-0.05, 0) is 87.3 Å². The van der Waals surface area contributed by atoms with Crippen LogP contribution in [0.5, 0.6) is 0 Å². The van der Waals surface area contributed by atoms with E-state index < -0.39 is 5.54 Å². The monoisotopic (exact) mass is 542 g/mol. The van der Waals surface area contributed by atoms with Crippen molar-refractivity contribution in [1.29, 1.82) is 0 Å². The summed E-state index contributed by atoms with van der Waals surface area (Å²) in [7, 11) is 0. The first kappa shape index (κ1) is 28.8. The van der Waals surface area contributed by atoms with E-state index in [2.05, 4.69) is 23.9 Å². The van der Waals surface area contributed by atoms with Gasteiger partial charge in [0, 0.05) is 20.9 Å². The number of oxime groups is 1. The highest BCUT2D eigenvalue weighted by atomic mass is 32.2. The molecule has 1 aliphatic carbocycles. The second-order valence-electron chi connectivity index (χ2n) is 10.1.